The zero-order valence-electron chi connectivity index (χ0n) is 10.2. The number of hydrogen-bond donors (Lipinski definition) is 2. The number of carbonyl (C=O) groups excluding carboxylic acids is 2. The lowest BCUT2D eigenvalue weighted by atomic mass is 10.3. The van der Waals surface area contributed by atoms with Gasteiger partial charge in [-0.05, 0) is 19.8 Å². The number of nitrogens with one attached hydrogen (secondary N) is 2. The Kier molecular flexibility index (Phi) is 4.73. The van der Waals surface area contributed by atoms with E-state index >= 15 is 0 Å². The van der Waals surface area contributed by atoms with Crippen LogP contribution in [0.4, 0.5) is 0 Å². The number of amides is 2. The van der Waals surface area contributed by atoms with Crippen molar-refractivity contribution in [2.45, 2.75) is 38.3 Å². The van der Waals surface area contributed by atoms with Crippen LogP contribution in [0.5, 0.6) is 0 Å². The van der Waals surface area contributed by atoms with E-state index in [2.05, 4.69) is 10.6 Å². The first-order chi connectivity index (χ1) is 7.50. The molecule has 2 N–H and O–H groups in total. The van der Waals surface area contributed by atoms with E-state index in [4.69, 9.17) is 0 Å². The van der Waals surface area contributed by atoms with Gasteiger partial charge in [-0.25, -0.2) is 0 Å². The first-order valence-corrected chi connectivity index (χ1v) is 5.74. The molecule has 5 heteroatoms. The lowest BCUT2D eigenvalue weighted by molar-refractivity contribution is -0.130. The summed E-state index contributed by atoms with van der Waals surface area (Å²) in [6.45, 7) is 2.35. The summed E-state index contributed by atoms with van der Waals surface area (Å²) in [6.07, 6.45) is 2.64. The highest BCUT2D eigenvalue weighted by molar-refractivity contribution is 5.81. The zero-order valence-corrected chi connectivity index (χ0v) is 10.2. The molecule has 0 aromatic carbocycles. The van der Waals surface area contributed by atoms with Crippen LogP contribution < -0.4 is 10.6 Å². The van der Waals surface area contributed by atoms with Crippen molar-refractivity contribution in [3.63, 3.8) is 0 Å². The van der Waals surface area contributed by atoms with Crippen LogP contribution in [-0.2, 0) is 9.59 Å². The molecule has 0 aromatic heterocycles. The van der Waals surface area contributed by atoms with Crippen molar-refractivity contribution in [1.29, 1.82) is 0 Å². The third kappa shape index (κ3) is 4.61. The van der Waals surface area contributed by atoms with Gasteiger partial charge in [0, 0.05) is 33.1 Å². The fourth-order valence-corrected chi connectivity index (χ4v) is 1.40. The molecule has 1 atom stereocenters. The van der Waals surface area contributed by atoms with Gasteiger partial charge in [-0.15, -0.1) is 0 Å². The van der Waals surface area contributed by atoms with Gasteiger partial charge in [0.15, 0.2) is 0 Å². The van der Waals surface area contributed by atoms with Gasteiger partial charge in [-0.1, -0.05) is 0 Å². The molecule has 0 aliphatic heterocycles. The lowest BCUT2D eigenvalue weighted by Gasteiger charge is -2.17. The van der Waals surface area contributed by atoms with Gasteiger partial charge in [0.1, 0.15) is 0 Å². The SMILES string of the molecule is CC(NCCC(=O)NC1CC1)C(=O)N(C)C. The van der Waals surface area contributed by atoms with E-state index in [0.717, 1.165) is 12.8 Å². The fourth-order valence-electron chi connectivity index (χ4n) is 1.40. The molecule has 0 heterocycles. The van der Waals surface area contributed by atoms with Crippen molar-refractivity contribution in [2.75, 3.05) is 20.6 Å². The Bertz CT molecular complexity index is 262. The summed E-state index contributed by atoms with van der Waals surface area (Å²) in [5, 5.41) is 5.94. The summed E-state index contributed by atoms with van der Waals surface area (Å²) >= 11 is 0. The standard InChI is InChI=1S/C11H21N3O2/c1-8(11(16)14(2)3)12-7-6-10(15)13-9-4-5-9/h8-9,12H,4-7H2,1-3H3,(H,13,15). The number of nitrogens with zero attached hydrogens (tertiary/aromatic N) is 1. The monoisotopic (exact) mass is 227 g/mol. The predicted molar refractivity (Wildman–Crippen MR) is 61.9 cm³/mol. The number of hydrogen-bond acceptors (Lipinski definition) is 3. The summed E-state index contributed by atoms with van der Waals surface area (Å²) < 4.78 is 0. The van der Waals surface area contributed by atoms with Crippen LogP contribution in [0.2, 0.25) is 0 Å². The maximum Gasteiger partial charge on any atom is 0.238 e. The minimum Gasteiger partial charge on any atom is -0.353 e. The Hall–Kier alpha value is -1.10. The fraction of sp³-hybridized carbons (Fsp3) is 0.818. The van der Waals surface area contributed by atoms with Gasteiger partial charge in [-0.2, -0.15) is 0 Å². The van der Waals surface area contributed by atoms with Crippen LogP contribution in [0, 0.1) is 0 Å². The summed E-state index contributed by atoms with van der Waals surface area (Å²) in [5.41, 5.74) is 0. The normalized spacial score (nSPS) is 16.7. The lowest BCUT2D eigenvalue weighted by Crippen LogP contribution is -2.42. The molecule has 1 fully saturated rings. The van der Waals surface area contributed by atoms with Crippen molar-refractivity contribution in [3.05, 3.63) is 0 Å². The van der Waals surface area contributed by atoms with Crippen LogP contribution in [0.25, 0.3) is 0 Å². The van der Waals surface area contributed by atoms with Gasteiger partial charge < -0.3 is 15.5 Å². The molecule has 0 bridgehead atoms. The van der Waals surface area contributed by atoms with Gasteiger partial charge in [-0.3, -0.25) is 9.59 Å². The minimum absolute atomic E-state index is 0.0302. The van der Waals surface area contributed by atoms with Crippen molar-refractivity contribution in [2.24, 2.45) is 0 Å². The van der Waals surface area contributed by atoms with Crippen LogP contribution in [0.15, 0.2) is 0 Å². The highest BCUT2D eigenvalue weighted by atomic mass is 16.2. The van der Waals surface area contributed by atoms with Gasteiger partial charge in [0.2, 0.25) is 11.8 Å². The van der Waals surface area contributed by atoms with Crippen molar-refractivity contribution >= 4 is 11.8 Å². The Balaban J connectivity index is 2.09. The summed E-state index contributed by atoms with van der Waals surface area (Å²) in [4.78, 5) is 24.3. The third-order valence-electron chi connectivity index (χ3n) is 2.56. The Morgan fingerprint density at radius 2 is 2.00 bits per heavy atom. The number of rotatable bonds is 6. The van der Waals surface area contributed by atoms with E-state index in [1.807, 2.05) is 0 Å². The highest BCUT2D eigenvalue weighted by Crippen LogP contribution is 2.18. The van der Waals surface area contributed by atoms with Crippen LogP contribution >= 0.6 is 0 Å². The molecule has 5 nitrogen and oxygen atoms in total. The van der Waals surface area contributed by atoms with Gasteiger partial charge in [0.05, 0.1) is 6.04 Å². The molecule has 0 radical (unpaired) electrons. The maximum atomic E-state index is 11.5. The molecule has 1 unspecified atom stereocenters. The Morgan fingerprint density at radius 3 is 2.50 bits per heavy atom. The molecule has 1 rings (SSSR count). The average Bonchev–Trinajstić information content (AvgIpc) is 3.00. The molecule has 1 saturated carbocycles. The minimum atomic E-state index is -0.233. The van der Waals surface area contributed by atoms with E-state index in [1.165, 1.54) is 0 Å². The van der Waals surface area contributed by atoms with Crippen LogP contribution in [0.3, 0.4) is 0 Å². The second-order valence-corrected chi connectivity index (χ2v) is 4.50. The van der Waals surface area contributed by atoms with E-state index < -0.39 is 0 Å². The van der Waals surface area contributed by atoms with E-state index in [1.54, 1.807) is 25.9 Å². The molecule has 16 heavy (non-hydrogen) atoms. The first-order valence-electron chi connectivity index (χ1n) is 5.74. The van der Waals surface area contributed by atoms with Crippen molar-refractivity contribution in [1.82, 2.24) is 15.5 Å². The van der Waals surface area contributed by atoms with Gasteiger partial charge in [0.25, 0.3) is 0 Å². The number of carbonyl (C=O) groups is 2. The molecule has 0 saturated heterocycles. The molecule has 1 aliphatic rings. The summed E-state index contributed by atoms with van der Waals surface area (Å²) in [6, 6.07) is 0.178. The molecule has 0 spiro atoms. The predicted octanol–water partition coefficient (Wildman–Crippen LogP) is -0.279. The molecule has 2 amide bonds. The molecule has 0 aromatic rings. The van der Waals surface area contributed by atoms with Gasteiger partial charge >= 0.3 is 0 Å². The highest BCUT2D eigenvalue weighted by Gasteiger charge is 2.23. The average molecular weight is 227 g/mol. The quantitative estimate of drug-likeness (QED) is 0.656. The topological polar surface area (TPSA) is 61.4 Å². The molecule has 1 aliphatic carbocycles. The second kappa shape index (κ2) is 5.84. The second-order valence-electron chi connectivity index (χ2n) is 4.50. The first kappa shape index (κ1) is 13.0. The largest absolute Gasteiger partial charge is 0.353 e. The van der Waals surface area contributed by atoms with E-state index in [9.17, 15) is 9.59 Å². The Morgan fingerprint density at radius 1 is 1.38 bits per heavy atom. The zero-order chi connectivity index (χ0) is 12.1. The Labute approximate surface area is 96.6 Å². The smallest absolute Gasteiger partial charge is 0.238 e. The van der Waals surface area contributed by atoms with E-state index in [-0.39, 0.29) is 17.9 Å². The van der Waals surface area contributed by atoms with Crippen LogP contribution in [0.1, 0.15) is 26.2 Å². The van der Waals surface area contributed by atoms with Crippen LogP contribution in [-0.4, -0.2) is 49.4 Å². The third-order valence-corrected chi connectivity index (χ3v) is 2.56. The summed E-state index contributed by atoms with van der Waals surface area (Å²) in [7, 11) is 3.45. The van der Waals surface area contributed by atoms with E-state index in [0.29, 0.717) is 19.0 Å². The maximum absolute atomic E-state index is 11.5. The molecular weight excluding hydrogens is 206 g/mol. The van der Waals surface area contributed by atoms with Crippen molar-refractivity contribution < 1.29 is 9.59 Å². The number of likely N-dealkylation sites (N-methyl/N-ethyl adjacent to an activating group) is 1. The van der Waals surface area contributed by atoms with Crippen molar-refractivity contribution in [3.8, 4) is 0 Å². The molecule has 92 valence electrons. The summed E-state index contributed by atoms with van der Waals surface area (Å²) in [5.74, 6) is 0.0992. The molecular formula is C11H21N3O2.